The summed E-state index contributed by atoms with van der Waals surface area (Å²) in [7, 11) is 0. The first-order valence-electron chi connectivity index (χ1n) is 7.93. The van der Waals surface area contributed by atoms with Crippen molar-refractivity contribution in [2.45, 2.75) is 13.0 Å². The molecule has 1 fully saturated rings. The van der Waals surface area contributed by atoms with Crippen molar-refractivity contribution in [3.63, 3.8) is 0 Å². The zero-order valence-electron chi connectivity index (χ0n) is 13.5. The van der Waals surface area contributed by atoms with Crippen LogP contribution in [0.3, 0.4) is 0 Å². The minimum Gasteiger partial charge on any atom is -0.334 e. The van der Waals surface area contributed by atoms with E-state index in [4.69, 9.17) is 0 Å². The molecule has 4 nitrogen and oxygen atoms in total. The van der Waals surface area contributed by atoms with Crippen molar-refractivity contribution in [3.05, 3.63) is 71.5 Å². The number of carbonyl (C=O) groups is 2. The lowest BCUT2D eigenvalue weighted by molar-refractivity contribution is -0.133. The van der Waals surface area contributed by atoms with Crippen molar-refractivity contribution in [2.75, 3.05) is 19.6 Å². The van der Waals surface area contributed by atoms with Crippen molar-refractivity contribution in [1.82, 2.24) is 9.80 Å². The van der Waals surface area contributed by atoms with Gasteiger partial charge in [0.05, 0.1) is 6.04 Å². The van der Waals surface area contributed by atoms with Gasteiger partial charge < -0.3 is 9.80 Å². The van der Waals surface area contributed by atoms with Crippen molar-refractivity contribution < 1.29 is 14.0 Å². The average Bonchev–Trinajstić information content (AvgIpc) is 2.61. The Morgan fingerprint density at radius 3 is 2.46 bits per heavy atom. The Balaban J connectivity index is 1.85. The lowest BCUT2D eigenvalue weighted by Gasteiger charge is -2.41. The third kappa shape index (κ3) is 3.30. The predicted octanol–water partition coefficient (Wildman–Crippen LogP) is 2.87. The number of carbonyl (C=O) groups excluding carboxylic acids is 2. The number of halogens is 1. The summed E-state index contributed by atoms with van der Waals surface area (Å²) in [6.45, 7) is 2.85. The summed E-state index contributed by atoms with van der Waals surface area (Å²) in [5, 5.41) is 0. The number of amides is 2. The number of rotatable bonds is 2. The van der Waals surface area contributed by atoms with E-state index < -0.39 is 5.82 Å². The Bertz CT molecular complexity index is 748. The minimum atomic E-state index is -0.428. The van der Waals surface area contributed by atoms with E-state index in [-0.39, 0.29) is 17.9 Å². The molecule has 1 saturated heterocycles. The second kappa shape index (κ2) is 6.83. The largest absolute Gasteiger partial charge is 0.334 e. The highest BCUT2D eigenvalue weighted by Crippen LogP contribution is 2.26. The first kappa shape index (κ1) is 16.2. The zero-order chi connectivity index (χ0) is 17.1. The van der Waals surface area contributed by atoms with Gasteiger partial charge in [-0.25, -0.2) is 4.39 Å². The maximum atomic E-state index is 13.4. The molecule has 124 valence electrons. The first-order valence-corrected chi connectivity index (χ1v) is 7.93. The molecule has 0 saturated carbocycles. The Kier molecular flexibility index (Phi) is 4.60. The van der Waals surface area contributed by atoms with Crippen LogP contribution < -0.4 is 0 Å². The fourth-order valence-electron chi connectivity index (χ4n) is 3.11. The number of benzene rings is 2. The molecule has 1 heterocycles. The fraction of sp³-hybridized carbons (Fsp3) is 0.263. The monoisotopic (exact) mass is 326 g/mol. The van der Waals surface area contributed by atoms with Crippen molar-refractivity contribution in [1.29, 1.82) is 0 Å². The molecule has 1 unspecified atom stereocenters. The van der Waals surface area contributed by atoms with Gasteiger partial charge in [-0.1, -0.05) is 36.4 Å². The van der Waals surface area contributed by atoms with Gasteiger partial charge in [-0.3, -0.25) is 9.59 Å². The van der Waals surface area contributed by atoms with Crippen molar-refractivity contribution >= 4 is 11.8 Å². The van der Waals surface area contributed by atoms with Gasteiger partial charge in [0.1, 0.15) is 5.82 Å². The molecule has 0 bridgehead atoms. The Morgan fingerprint density at radius 2 is 1.79 bits per heavy atom. The van der Waals surface area contributed by atoms with Gasteiger partial charge in [-0.15, -0.1) is 0 Å². The molecule has 1 aliphatic heterocycles. The van der Waals surface area contributed by atoms with E-state index in [1.165, 1.54) is 18.2 Å². The molecule has 2 amide bonds. The molecular weight excluding hydrogens is 307 g/mol. The molecule has 1 aliphatic rings. The number of hydrogen-bond donors (Lipinski definition) is 0. The molecule has 3 rings (SSSR count). The molecule has 2 aromatic rings. The molecule has 0 aromatic heterocycles. The highest BCUT2D eigenvalue weighted by Gasteiger charge is 2.32. The van der Waals surface area contributed by atoms with Crippen LogP contribution in [-0.2, 0) is 4.79 Å². The highest BCUT2D eigenvalue weighted by molar-refractivity contribution is 5.94. The minimum absolute atomic E-state index is 0.0123. The predicted molar refractivity (Wildman–Crippen MR) is 88.9 cm³/mol. The van der Waals surface area contributed by atoms with Crippen LogP contribution >= 0.6 is 0 Å². The first-order chi connectivity index (χ1) is 11.6. The summed E-state index contributed by atoms with van der Waals surface area (Å²) in [6, 6.07) is 15.2. The van der Waals surface area contributed by atoms with Gasteiger partial charge in [0.2, 0.25) is 5.91 Å². The molecule has 0 aliphatic carbocycles. The quantitative estimate of drug-likeness (QED) is 0.851. The number of hydrogen-bond acceptors (Lipinski definition) is 2. The zero-order valence-corrected chi connectivity index (χ0v) is 13.5. The topological polar surface area (TPSA) is 40.6 Å². The summed E-state index contributed by atoms with van der Waals surface area (Å²) in [4.78, 5) is 28.1. The van der Waals surface area contributed by atoms with E-state index in [2.05, 4.69) is 0 Å². The standard InChI is InChI=1S/C19H19FN2O2/c1-14(23)22-11-10-21(13-18(22)15-6-3-2-4-7-15)19(24)16-8-5-9-17(20)12-16/h2-9,12,18H,10-11,13H2,1H3. The second-order valence-electron chi connectivity index (χ2n) is 5.90. The Hall–Kier alpha value is -2.69. The maximum Gasteiger partial charge on any atom is 0.254 e. The third-order valence-corrected chi connectivity index (χ3v) is 4.33. The molecule has 1 atom stereocenters. The molecular formula is C19H19FN2O2. The van der Waals surface area contributed by atoms with Crippen LogP contribution in [0.2, 0.25) is 0 Å². The van der Waals surface area contributed by atoms with Crippen LogP contribution in [-0.4, -0.2) is 41.2 Å². The fourth-order valence-corrected chi connectivity index (χ4v) is 3.11. The van der Waals surface area contributed by atoms with Crippen LogP contribution in [0.1, 0.15) is 28.9 Å². The normalized spacial score (nSPS) is 17.7. The van der Waals surface area contributed by atoms with E-state index >= 15 is 0 Å². The summed E-state index contributed by atoms with van der Waals surface area (Å²) >= 11 is 0. The van der Waals surface area contributed by atoms with Crippen molar-refractivity contribution in [2.24, 2.45) is 0 Å². The van der Waals surface area contributed by atoms with Crippen LogP contribution in [0, 0.1) is 5.82 Å². The second-order valence-corrected chi connectivity index (χ2v) is 5.90. The van der Waals surface area contributed by atoms with Gasteiger partial charge in [0, 0.05) is 32.1 Å². The maximum absolute atomic E-state index is 13.4. The van der Waals surface area contributed by atoms with Gasteiger partial charge in [0.15, 0.2) is 0 Å². The van der Waals surface area contributed by atoms with E-state index in [1.807, 2.05) is 30.3 Å². The van der Waals surface area contributed by atoms with Gasteiger partial charge in [0.25, 0.3) is 5.91 Å². The van der Waals surface area contributed by atoms with Crippen molar-refractivity contribution in [3.8, 4) is 0 Å². The van der Waals surface area contributed by atoms with Crippen LogP contribution in [0.15, 0.2) is 54.6 Å². The summed E-state index contributed by atoms with van der Waals surface area (Å²) in [5.41, 5.74) is 1.32. The summed E-state index contributed by atoms with van der Waals surface area (Å²) in [6.07, 6.45) is 0. The summed E-state index contributed by atoms with van der Waals surface area (Å²) in [5.74, 6) is -0.650. The molecule has 2 aromatic carbocycles. The van der Waals surface area contributed by atoms with Crippen LogP contribution in [0.5, 0.6) is 0 Å². The molecule has 5 heteroatoms. The molecule has 0 spiro atoms. The van der Waals surface area contributed by atoms with Crippen LogP contribution in [0.25, 0.3) is 0 Å². The van der Waals surface area contributed by atoms with Crippen LogP contribution in [0.4, 0.5) is 4.39 Å². The van der Waals surface area contributed by atoms with E-state index in [0.717, 1.165) is 5.56 Å². The number of piperazine rings is 1. The highest BCUT2D eigenvalue weighted by atomic mass is 19.1. The SMILES string of the molecule is CC(=O)N1CCN(C(=O)c2cccc(F)c2)CC1c1ccccc1. The Morgan fingerprint density at radius 1 is 1.04 bits per heavy atom. The molecule has 24 heavy (non-hydrogen) atoms. The molecule has 0 N–H and O–H groups in total. The summed E-state index contributed by atoms with van der Waals surface area (Å²) < 4.78 is 13.4. The van der Waals surface area contributed by atoms with E-state index in [1.54, 1.807) is 22.8 Å². The van der Waals surface area contributed by atoms with Gasteiger partial charge in [-0.2, -0.15) is 0 Å². The van der Waals surface area contributed by atoms with E-state index in [0.29, 0.717) is 25.2 Å². The smallest absolute Gasteiger partial charge is 0.254 e. The lowest BCUT2D eigenvalue weighted by atomic mass is 10.0. The van der Waals surface area contributed by atoms with Gasteiger partial charge >= 0.3 is 0 Å². The Labute approximate surface area is 140 Å². The van der Waals surface area contributed by atoms with Gasteiger partial charge in [-0.05, 0) is 23.8 Å². The molecule has 0 radical (unpaired) electrons. The third-order valence-electron chi connectivity index (χ3n) is 4.33. The number of nitrogens with zero attached hydrogens (tertiary/aromatic N) is 2. The van der Waals surface area contributed by atoms with E-state index in [9.17, 15) is 14.0 Å². The average molecular weight is 326 g/mol. The lowest BCUT2D eigenvalue weighted by Crippen LogP contribution is -2.51.